The largest absolute Gasteiger partial charge is 0.497 e. The first-order valence-corrected chi connectivity index (χ1v) is 8.21. The smallest absolute Gasteiger partial charge is 0.322 e. The fraction of sp³-hybridized carbons (Fsp3) is 0.529. The third-order valence-corrected chi connectivity index (χ3v) is 4.48. The quantitative estimate of drug-likeness (QED) is 0.874. The maximum absolute atomic E-state index is 12.6. The Morgan fingerprint density at radius 3 is 3.04 bits per heavy atom. The Morgan fingerprint density at radius 1 is 1.35 bits per heavy atom. The van der Waals surface area contributed by atoms with Crippen LogP contribution < -0.4 is 20.3 Å². The molecule has 0 spiro atoms. The van der Waals surface area contributed by atoms with Crippen LogP contribution in [0.1, 0.15) is 31.2 Å². The molecule has 2 aliphatic heterocycles. The average Bonchev–Trinajstić information content (AvgIpc) is 2.78. The number of amides is 3. The molecule has 0 bridgehead atoms. The van der Waals surface area contributed by atoms with Crippen LogP contribution in [0.3, 0.4) is 0 Å². The number of nitrogens with zero attached hydrogens (tertiary/aromatic N) is 1. The van der Waals surface area contributed by atoms with Crippen molar-refractivity contribution in [3.8, 4) is 5.75 Å². The van der Waals surface area contributed by atoms with Gasteiger partial charge in [0.05, 0.1) is 7.11 Å². The summed E-state index contributed by atoms with van der Waals surface area (Å²) in [6, 6.07) is 5.13. The molecular weight excluding hydrogens is 294 g/mol. The molecule has 0 unspecified atom stereocenters. The summed E-state index contributed by atoms with van der Waals surface area (Å²) in [6.07, 6.45) is 4.44. The Labute approximate surface area is 136 Å². The number of ether oxygens (including phenoxy) is 1. The van der Waals surface area contributed by atoms with Gasteiger partial charge < -0.3 is 15.4 Å². The maximum Gasteiger partial charge on any atom is 0.322 e. The summed E-state index contributed by atoms with van der Waals surface area (Å²) in [6.45, 7) is 1.36. The van der Waals surface area contributed by atoms with Crippen molar-refractivity contribution in [2.75, 3.05) is 25.1 Å². The normalized spacial score (nSPS) is 21.0. The highest BCUT2D eigenvalue weighted by molar-refractivity contribution is 5.96. The van der Waals surface area contributed by atoms with Crippen molar-refractivity contribution in [3.05, 3.63) is 23.8 Å². The molecule has 0 radical (unpaired) electrons. The number of rotatable bonds is 2. The van der Waals surface area contributed by atoms with E-state index in [9.17, 15) is 9.59 Å². The first-order chi connectivity index (χ1) is 11.2. The van der Waals surface area contributed by atoms with Gasteiger partial charge in [0.2, 0.25) is 5.91 Å². The second-order valence-corrected chi connectivity index (χ2v) is 6.04. The van der Waals surface area contributed by atoms with Crippen LogP contribution in [0.15, 0.2) is 18.2 Å². The lowest BCUT2D eigenvalue weighted by Crippen LogP contribution is -2.51. The van der Waals surface area contributed by atoms with Crippen LogP contribution in [0.2, 0.25) is 0 Å². The van der Waals surface area contributed by atoms with E-state index in [4.69, 9.17) is 4.74 Å². The van der Waals surface area contributed by atoms with Crippen LogP contribution in [0.4, 0.5) is 10.5 Å². The molecule has 0 aromatic heterocycles. The molecule has 3 amide bonds. The van der Waals surface area contributed by atoms with Crippen molar-refractivity contribution >= 4 is 17.6 Å². The average molecular weight is 317 g/mol. The number of fused-ring (bicyclic) bond motifs is 1. The number of methoxy groups -OCH3 is 1. The molecule has 1 aromatic rings. The van der Waals surface area contributed by atoms with E-state index in [0.29, 0.717) is 19.5 Å². The van der Waals surface area contributed by atoms with Crippen molar-refractivity contribution in [2.24, 2.45) is 0 Å². The Balaban J connectivity index is 1.74. The molecule has 1 aromatic carbocycles. The first-order valence-electron chi connectivity index (χ1n) is 8.21. The van der Waals surface area contributed by atoms with Crippen molar-refractivity contribution in [1.82, 2.24) is 10.6 Å². The summed E-state index contributed by atoms with van der Waals surface area (Å²) < 4.78 is 5.25. The van der Waals surface area contributed by atoms with E-state index in [0.717, 1.165) is 42.7 Å². The third-order valence-electron chi connectivity index (χ3n) is 4.48. The summed E-state index contributed by atoms with van der Waals surface area (Å²) in [5, 5.41) is 5.74. The zero-order valence-electron chi connectivity index (χ0n) is 13.4. The van der Waals surface area contributed by atoms with Gasteiger partial charge in [-0.15, -0.1) is 0 Å². The van der Waals surface area contributed by atoms with E-state index in [1.54, 1.807) is 12.0 Å². The van der Waals surface area contributed by atoms with E-state index >= 15 is 0 Å². The summed E-state index contributed by atoms with van der Waals surface area (Å²) in [5.74, 6) is 0.719. The lowest BCUT2D eigenvalue weighted by Gasteiger charge is -2.31. The maximum atomic E-state index is 12.6. The Morgan fingerprint density at radius 2 is 2.22 bits per heavy atom. The predicted octanol–water partition coefficient (Wildman–Crippen LogP) is 1.83. The SMILES string of the molecule is COc1ccc2c(c1)CCCN2C(=O)N[C@@H]1CCCCNC1=O. The van der Waals surface area contributed by atoms with Crippen LogP contribution in [0.25, 0.3) is 0 Å². The minimum atomic E-state index is -0.436. The fourth-order valence-electron chi connectivity index (χ4n) is 3.22. The lowest BCUT2D eigenvalue weighted by molar-refractivity contribution is -0.122. The number of nitrogens with one attached hydrogen (secondary N) is 2. The van der Waals surface area contributed by atoms with Crippen LogP contribution >= 0.6 is 0 Å². The van der Waals surface area contributed by atoms with Crippen molar-refractivity contribution < 1.29 is 14.3 Å². The monoisotopic (exact) mass is 317 g/mol. The Kier molecular flexibility index (Phi) is 4.69. The van der Waals surface area contributed by atoms with Gasteiger partial charge in [-0.05, 0) is 55.9 Å². The molecule has 0 aliphatic carbocycles. The highest BCUT2D eigenvalue weighted by Gasteiger charge is 2.28. The highest BCUT2D eigenvalue weighted by Crippen LogP contribution is 2.30. The highest BCUT2D eigenvalue weighted by atomic mass is 16.5. The molecule has 3 rings (SSSR count). The van der Waals surface area contributed by atoms with Gasteiger partial charge >= 0.3 is 6.03 Å². The van der Waals surface area contributed by atoms with E-state index in [1.165, 1.54) is 0 Å². The topological polar surface area (TPSA) is 70.7 Å². The molecule has 6 heteroatoms. The van der Waals surface area contributed by atoms with Gasteiger partial charge in [0.15, 0.2) is 0 Å². The second kappa shape index (κ2) is 6.89. The van der Waals surface area contributed by atoms with Gasteiger partial charge in [0.1, 0.15) is 11.8 Å². The molecule has 2 heterocycles. The van der Waals surface area contributed by atoms with E-state index in [2.05, 4.69) is 10.6 Å². The van der Waals surface area contributed by atoms with Gasteiger partial charge in [-0.25, -0.2) is 4.79 Å². The molecule has 1 fully saturated rings. The minimum Gasteiger partial charge on any atom is -0.497 e. The zero-order chi connectivity index (χ0) is 16.2. The van der Waals surface area contributed by atoms with E-state index in [1.807, 2.05) is 18.2 Å². The van der Waals surface area contributed by atoms with Crippen LogP contribution in [0.5, 0.6) is 5.75 Å². The predicted molar refractivity (Wildman–Crippen MR) is 87.8 cm³/mol. The van der Waals surface area contributed by atoms with E-state index < -0.39 is 6.04 Å². The number of carbonyl (C=O) groups is 2. The van der Waals surface area contributed by atoms with Crippen molar-refractivity contribution in [1.29, 1.82) is 0 Å². The molecule has 1 atom stereocenters. The van der Waals surface area contributed by atoms with Gasteiger partial charge in [-0.2, -0.15) is 0 Å². The lowest BCUT2D eigenvalue weighted by atomic mass is 10.0. The molecule has 124 valence electrons. The molecule has 1 saturated heterocycles. The standard InChI is InChI=1S/C17H23N3O3/c1-23-13-7-8-15-12(11-13)5-4-10-20(15)17(22)19-14-6-2-3-9-18-16(14)21/h7-8,11,14H,2-6,9-10H2,1H3,(H,18,21)(H,19,22)/t14-/m1/s1. The number of hydrogen-bond acceptors (Lipinski definition) is 3. The molecule has 6 nitrogen and oxygen atoms in total. The second-order valence-electron chi connectivity index (χ2n) is 6.04. The molecule has 0 saturated carbocycles. The van der Waals surface area contributed by atoms with Crippen molar-refractivity contribution in [3.63, 3.8) is 0 Å². The van der Waals surface area contributed by atoms with Gasteiger partial charge in [-0.3, -0.25) is 9.69 Å². The summed E-state index contributed by atoms with van der Waals surface area (Å²) in [4.78, 5) is 26.4. The summed E-state index contributed by atoms with van der Waals surface area (Å²) in [5.41, 5.74) is 2.01. The first kappa shape index (κ1) is 15.6. The number of anilines is 1. The number of carbonyl (C=O) groups excluding carboxylic acids is 2. The third kappa shape index (κ3) is 3.41. The van der Waals surface area contributed by atoms with E-state index in [-0.39, 0.29) is 11.9 Å². The molecule has 23 heavy (non-hydrogen) atoms. The summed E-state index contributed by atoms with van der Waals surface area (Å²) >= 11 is 0. The molecule has 2 aliphatic rings. The molecular formula is C17H23N3O3. The Hall–Kier alpha value is -2.24. The van der Waals surface area contributed by atoms with Crippen LogP contribution in [0, 0.1) is 0 Å². The Bertz CT molecular complexity index is 603. The van der Waals surface area contributed by atoms with Gasteiger partial charge in [-0.1, -0.05) is 0 Å². The van der Waals surface area contributed by atoms with Crippen LogP contribution in [-0.4, -0.2) is 38.2 Å². The zero-order valence-corrected chi connectivity index (χ0v) is 13.4. The number of hydrogen-bond donors (Lipinski definition) is 2. The summed E-state index contributed by atoms with van der Waals surface area (Å²) in [7, 11) is 1.64. The minimum absolute atomic E-state index is 0.0807. The van der Waals surface area contributed by atoms with Crippen molar-refractivity contribution in [2.45, 2.75) is 38.1 Å². The van der Waals surface area contributed by atoms with Gasteiger partial charge in [0.25, 0.3) is 0 Å². The number of urea groups is 1. The molecule has 2 N–H and O–H groups in total. The number of benzene rings is 1. The fourth-order valence-corrected chi connectivity index (χ4v) is 3.22. The van der Waals surface area contributed by atoms with Crippen LogP contribution in [-0.2, 0) is 11.2 Å². The van der Waals surface area contributed by atoms with Gasteiger partial charge in [0, 0.05) is 18.8 Å². The number of aryl methyl sites for hydroxylation is 1.